The molecule has 10 heteroatoms. The summed E-state index contributed by atoms with van der Waals surface area (Å²) in [5.74, 6) is -2.81. The van der Waals surface area contributed by atoms with Crippen molar-refractivity contribution in [2.75, 3.05) is 5.75 Å². The number of carbonyl (C=O) groups excluding carboxylic acids is 2. The van der Waals surface area contributed by atoms with Crippen molar-refractivity contribution in [3.63, 3.8) is 0 Å². The van der Waals surface area contributed by atoms with Crippen LogP contribution in [0.2, 0.25) is 0 Å². The molecule has 0 spiro atoms. The number of carboxylic acid groups (broad SMARTS) is 1. The first-order chi connectivity index (χ1) is 12.1. The largest absolute Gasteiger partial charge is 0.508 e. The number of aliphatic hydroxyl groups is 1. The number of aromatic hydroxyl groups is 1. The lowest BCUT2D eigenvalue weighted by atomic mass is 10.1. The van der Waals surface area contributed by atoms with E-state index in [1.807, 2.05) is 0 Å². The Labute approximate surface area is 156 Å². The van der Waals surface area contributed by atoms with Crippen LogP contribution < -0.4 is 16.4 Å². The highest BCUT2D eigenvalue weighted by molar-refractivity contribution is 7.80. The maximum Gasteiger partial charge on any atom is 0.328 e. The van der Waals surface area contributed by atoms with Gasteiger partial charge in [-0.1, -0.05) is 12.1 Å². The van der Waals surface area contributed by atoms with E-state index in [1.165, 1.54) is 19.1 Å². The molecule has 0 heterocycles. The van der Waals surface area contributed by atoms with E-state index in [2.05, 4.69) is 23.3 Å². The quantitative estimate of drug-likeness (QED) is 0.258. The van der Waals surface area contributed by atoms with Crippen molar-refractivity contribution in [1.29, 1.82) is 0 Å². The lowest BCUT2D eigenvalue weighted by molar-refractivity contribution is -0.145. The van der Waals surface area contributed by atoms with Crippen molar-refractivity contribution >= 4 is 30.4 Å². The Kier molecular flexibility index (Phi) is 8.36. The highest BCUT2D eigenvalue weighted by atomic mass is 32.1. The van der Waals surface area contributed by atoms with Crippen LogP contribution >= 0.6 is 12.6 Å². The molecule has 0 fully saturated rings. The van der Waals surface area contributed by atoms with Crippen LogP contribution in [-0.2, 0) is 20.8 Å². The number of thiol groups is 1. The third-order valence-corrected chi connectivity index (χ3v) is 3.96. The maximum absolute atomic E-state index is 12.2. The summed E-state index contributed by atoms with van der Waals surface area (Å²) in [5, 5.41) is 32.2. The number of carbonyl (C=O) groups is 3. The van der Waals surface area contributed by atoms with E-state index >= 15 is 0 Å². The molecule has 1 aromatic rings. The molecule has 1 aromatic carbocycles. The molecular weight excluding hydrogens is 362 g/mol. The monoisotopic (exact) mass is 385 g/mol. The minimum Gasteiger partial charge on any atom is -0.508 e. The van der Waals surface area contributed by atoms with Crippen LogP contribution in [-0.4, -0.2) is 63.1 Å². The van der Waals surface area contributed by atoms with Crippen molar-refractivity contribution in [3.8, 4) is 5.75 Å². The van der Waals surface area contributed by atoms with Gasteiger partial charge in [-0.15, -0.1) is 0 Å². The number of phenolic OH excluding ortho intramolecular Hbond substituents is 1. The minimum atomic E-state index is -1.51. The zero-order valence-electron chi connectivity index (χ0n) is 14.1. The van der Waals surface area contributed by atoms with Gasteiger partial charge in [-0.2, -0.15) is 12.6 Å². The number of nitrogens with two attached hydrogens (primary N) is 1. The molecule has 0 aromatic heterocycles. The standard InChI is InChI=1S/C16H23N3O6S/c1-8(20)13(16(24)25)19-15(23)12(7-26)18-14(22)11(17)6-9-2-4-10(21)5-3-9/h2-5,8,11-13,20-21,26H,6-7,17H2,1H3,(H,18,22)(H,19,23)(H,24,25)/t8-,11+,12+,13+/m1/s1. The van der Waals surface area contributed by atoms with Crippen molar-refractivity contribution < 1.29 is 29.7 Å². The van der Waals surface area contributed by atoms with E-state index in [0.717, 1.165) is 5.56 Å². The summed E-state index contributed by atoms with van der Waals surface area (Å²) in [7, 11) is 0. The molecule has 0 unspecified atom stereocenters. The number of nitrogens with one attached hydrogen (secondary N) is 2. The summed E-state index contributed by atoms with van der Waals surface area (Å²) < 4.78 is 0. The number of carboxylic acids is 1. The van der Waals surface area contributed by atoms with Crippen LogP contribution in [0.15, 0.2) is 24.3 Å². The second-order valence-corrected chi connectivity index (χ2v) is 6.15. The number of hydrogen-bond acceptors (Lipinski definition) is 7. The Hall–Kier alpha value is -2.30. The minimum absolute atomic E-state index is 0.0876. The van der Waals surface area contributed by atoms with Crippen LogP contribution in [0.5, 0.6) is 5.75 Å². The predicted molar refractivity (Wildman–Crippen MR) is 96.8 cm³/mol. The highest BCUT2D eigenvalue weighted by Crippen LogP contribution is 2.11. The van der Waals surface area contributed by atoms with E-state index in [9.17, 15) is 24.6 Å². The molecule has 2 amide bonds. The molecule has 0 aliphatic rings. The van der Waals surface area contributed by atoms with Gasteiger partial charge in [-0.3, -0.25) is 9.59 Å². The number of phenols is 1. The molecule has 0 aliphatic heterocycles. The second kappa shape index (κ2) is 10.00. The van der Waals surface area contributed by atoms with E-state index in [1.54, 1.807) is 12.1 Å². The van der Waals surface area contributed by atoms with Gasteiger partial charge in [-0.25, -0.2) is 4.79 Å². The first-order valence-corrected chi connectivity index (χ1v) is 8.45. The Balaban J connectivity index is 2.67. The van der Waals surface area contributed by atoms with Gasteiger partial charge in [0.1, 0.15) is 11.8 Å². The van der Waals surface area contributed by atoms with Gasteiger partial charge in [-0.05, 0) is 31.0 Å². The average Bonchev–Trinajstić information content (AvgIpc) is 2.58. The second-order valence-electron chi connectivity index (χ2n) is 5.79. The zero-order chi connectivity index (χ0) is 19.9. The van der Waals surface area contributed by atoms with Crippen LogP contribution in [0.3, 0.4) is 0 Å². The Morgan fingerprint density at radius 1 is 1.15 bits per heavy atom. The molecule has 0 aliphatic carbocycles. The topological polar surface area (TPSA) is 162 Å². The fourth-order valence-electron chi connectivity index (χ4n) is 2.09. The fraction of sp³-hybridized carbons (Fsp3) is 0.438. The molecule has 9 nitrogen and oxygen atoms in total. The van der Waals surface area contributed by atoms with Gasteiger partial charge >= 0.3 is 5.97 Å². The van der Waals surface area contributed by atoms with E-state index in [0.29, 0.717) is 0 Å². The van der Waals surface area contributed by atoms with Crippen LogP contribution in [0.1, 0.15) is 12.5 Å². The fourth-order valence-corrected chi connectivity index (χ4v) is 2.35. The molecule has 0 saturated heterocycles. The molecule has 1 rings (SSSR count). The Morgan fingerprint density at radius 3 is 2.19 bits per heavy atom. The van der Waals surface area contributed by atoms with Gasteiger partial charge < -0.3 is 31.7 Å². The maximum atomic E-state index is 12.2. The van der Waals surface area contributed by atoms with E-state index in [4.69, 9.17) is 10.8 Å². The van der Waals surface area contributed by atoms with Crippen LogP contribution in [0.25, 0.3) is 0 Å². The van der Waals surface area contributed by atoms with Crippen molar-refractivity contribution in [2.45, 2.75) is 37.6 Å². The van der Waals surface area contributed by atoms with E-state index < -0.39 is 42.0 Å². The average molecular weight is 385 g/mol. The number of aliphatic hydroxyl groups excluding tert-OH is 1. The smallest absolute Gasteiger partial charge is 0.328 e. The molecule has 4 atom stereocenters. The first kappa shape index (κ1) is 21.7. The molecular formula is C16H23N3O6S. The number of hydrogen-bond donors (Lipinski definition) is 7. The SMILES string of the molecule is C[C@@H](O)[C@H](NC(=O)[C@H](CS)NC(=O)[C@@H](N)Cc1ccc(O)cc1)C(=O)O. The highest BCUT2D eigenvalue weighted by Gasteiger charge is 2.29. The molecule has 144 valence electrons. The molecule has 7 N–H and O–H groups in total. The third-order valence-electron chi connectivity index (χ3n) is 3.59. The number of rotatable bonds is 9. The van der Waals surface area contributed by atoms with Gasteiger partial charge in [0.25, 0.3) is 0 Å². The van der Waals surface area contributed by atoms with Crippen LogP contribution in [0.4, 0.5) is 0 Å². The van der Waals surface area contributed by atoms with Crippen molar-refractivity contribution in [2.24, 2.45) is 5.73 Å². The first-order valence-electron chi connectivity index (χ1n) is 7.81. The van der Waals surface area contributed by atoms with Crippen molar-refractivity contribution in [1.82, 2.24) is 10.6 Å². The lowest BCUT2D eigenvalue weighted by Gasteiger charge is -2.22. The molecule has 26 heavy (non-hydrogen) atoms. The predicted octanol–water partition coefficient (Wildman–Crippen LogP) is -1.37. The third kappa shape index (κ3) is 6.54. The molecule has 0 saturated carbocycles. The molecule has 0 bridgehead atoms. The van der Waals surface area contributed by atoms with Gasteiger partial charge in [0.05, 0.1) is 12.1 Å². The van der Waals surface area contributed by atoms with Gasteiger partial charge in [0.15, 0.2) is 6.04 Å². The van der Waals surface area contributed by atoms with Gasteiger partial charge in [0, 0.05) is 5.75 Å². The number of amides is 2. The van der Waals surface area contributed by atoms with Crippen molar-refractivity contribution in [3.05, 3.63) is 29.8 Å². The normalized spacial score (nSPS) is 15.4. The Bertz CT molecular complexity index is 637. The summed E-state index contributed by atoms with van der Waals surface area (Å²) in [5.41, 5.74) is 6.54. The van der Waals surface area contributed by atoms with Gasteiger partial charge in [0.2, 0.25) is 11.8 Å². The number of aliphatic carboxylic acids is 1. The summed E-state index contributed by atoms with van der Waals surface area (Å²) in [6.07, 6.45) is -1.14. The lowest BCUT2D eigenvalue weighted by Crippen LogP contribution is -2.57. The zero-order valence-corrected chi connectivity index (χ0v) is 15.0. The molecule has 0 radical (unpaired) electrons. The van der Waals surface area contributed by atoms with Crippen LogP contribution in [0, 0.1) is 0 Å². The summed E-state index contributed by atoms with van der Waals surface area (Å²) >= 11 is 3.98. The van der Waals surface area contributed by atoms with E-state index in [-0.39, 0.29) is 17.9 Å². The Morgan fingerprint density at radius 2 is 1.73 bits per heavy atom. The summed E-state index contributed by atoms with van der Waals surface area (Å²) in [6.45, 7) is 1.22. The summed E-state index contributed by atoms with van der Waals surface area (Å²) in [4.78, 5) is 35.3. The number of benzene rings is 1. The summed E-state index contributed by atoms with van der Waals surface area (Å²) in [6, 6.07) is 2.58.